The van der Waals surface area contributed by atoms with Gasteiger partial charge < -0.3 is 20.1 Å². The van der Waals surface area contributed by atoms with E-state index >= 15 is 0 Å². The van der Waals surface area contributed by atoms with Crippen LogP contribution in [0, 0.1) is 20.8 Å². The molecule has 5 nitrogen and oxygen atoms in total. The van der Waals surface area contributed by atoms with E-state index in [9.17, 15) is 4.79 Å². The van der Waals surface area contributed by atoms with Crippen LogP contribution >= 0.6 is 0 Å². The van der Waals surface area contributed by atoms with Crippen molar-refractivity contribution in [1.82, 2.24) is 10.6 Å². The van der Waals surface area contributed by atoms with Gasteiger partial charge in [-0.15, -0.1) is 0 Å². The smallest absolute Gasteiger partial charge is 0.317 e. The van der Waals surface area contributed by atoms with Gasteiger partial charge in [-0.1, -0.05) is 24.3 Å². The van der Waals surface area contributed by atoms with Gasteiger partial charge in [0.15, 0.2) is 6.73 Å². The highest BCUT2D eigenvalue weighted by Gasteiger charge is 2.10. The number of ether oxygens (including phenoxy) is 2. The summed E-state index contributed by atoms with van der Waals surface area (Å²) in [6.45, 7) is 8.10. The number of rotatable bonds is 6. The molecule has 0 spiro atoms. The maximum Gasteiger partial charge on any atom is 0.317 e. The van der Waals surface area contributed by atoms with E-state index in [1.54, 1.807) is 7.11 Å². The van der Waals surface area contributed by atoms with Crippen molar-refractivity contribution in [3.63, 3.8) is 0 Å². The van der Waals surface area contributed by atoms with E-state index in [1.165, 1.54) is 0 Å². The zero-order valence-corrected chi connectivity index (χ0v) is 15.5. The summed E-state index contributed by atoms with van der Waals surface area (Å²) >= 11 is 0. The first-order valence-electron chi connectivity index (χ1n) is 8.30. The van der Waals surface area contributed by atoms with E-state index in [0.717, 1.165) is 33.8 Å². The number of methoxy groups -OCH3 is 1. The molecule has 0 heterocycles. The zero-order valence-electron chi connectivity index (χ0n) is 15.5. The summed E-state index contributed by atoms with van der Waals surface area (Å²) in [7, 11) is 1.63. The van der Waals surface area contributed by atoms with Gasteiger partial charge in [-0.05, 0) is 62.1 Å². The van der Waals surface area contributed by atoms with Crippen molar-refractivity contribution >= 4 is 6.03 Å². The second kappa shape index (κ2) is 8.42. The van der Waals surface area contributed by atoms with Crippen LogP contribution in [0.2, 0.25) is 0 Å². The molecule has 0 saturated heterocycles. The second-order valence-corrected chi connectivity index (χ2v) is 6.09. The molecule has 5 heteroatoms. The molecule has 0 aromatic heterocycles. The van der Waals surface area contributed by atoms with Crippen molar-refractivity contribution in [3.8, 4) is 11.5 Å². The van der Waals surface area contributed by atoms with Crippen molar-refractivity contribution in [2.24, 2.45) is 0 Å². The molecule has 134 valence electrons. The van der Waals surface area contributed by atoms with Gasteiger partial charge in [0.05, 0.1) is 13.2 Å². The number of amides is 2. The molecule has 0 radical (unpaired) electrons. The lowest BCUT2D eigenvalue weighted by atomic mass is 10.1. The number of nitrogens with one attached hydrogen (secondary N) is 2. The van der Waals surface area contributed by atoms with Crippen LogP contribution in [0.3, 0.4) is 0 Å². The monoisotopic (exact) mass is 342 g/mol. The molecule has 0 aliphatic carbocycles. The number of carbonyl (C=O) groups excluding carboxylic acids is 1. The summed E-state index contributed by atoms with van der Waals surface area (Å²) < 4.78 is 10.9. The Labute approximate surface area is 149 Å². The Morgan fingerprint density at radius 3 is 2.32 bits per heavy atom. The van der Waals surface area contributed by atoms with Crippen LogP contribution in [0.15, 0.2) is 36.4 Å². The Bertz CT molecular complexity index is 726. The first-order chi connectivity index (χ1) is 11.9. The van der Waals surface area contributed by atoms with E-state index in [-0.39, 0.29) is 18.8 Å². The minimum atomic E-state index is -0.272. The predicted molar refractivity (Wildman–Crippen MR) is 99.2 cm³/mol. The lowest BCUT2D eigenvalue weighted by Gasteiger charge is -2.17. The maximum absolute atomic E-state index is 12.0. The molecule has 0 aliphatic rings. The molecular weight excluding hydrogens is 316 g/mol. The Morgan fingerprint density at radius 2 is 1.68 bits per heavy atom. The summed E-state index contributed by atoms with van der Waals surface area (Å²) in [5.41, 5.74) is 4.31. The average molecular weight is 342 g/mol. The fourth-order valence-corrected chi connectivity index (χ4v) is 2.54. The van der Waals surface area contributed by atoms with E-state index in [4.69, 9.17) is 9.47 Å². The SMILES string of the molecule is COc1ccc(C(C)NC(=O)NCOc2c(C)ccc(C)c2C)cc1. The van der Waals surface area contributed by atoms with E-state index in [0.29, 0.717) is 0 Å². The van der Waals surface area contributed by atoms with Crippen molar-refractivity contribution in [1.29, 1.82) is 0 Å². The van der Waals surface area contributed by atoms with Gasteiger partial charge in [0.25, 0.3) is 0 Å². The van der Waals surface area contributed by atoms with Crippen molar-refractivity contribution in [3.05, 3.63) is 58.7 Å². The van der Waals surface area contributed by atoms with Crippen LogP contribution in [-0.4, -0.2) is 19.9 Å². The molecular formula is C20H26N2O3. The van der Waals surface area contributed by atoms with Crippen LogP contribution in [0.5, 0.6) is 11.5 Å². The quantitative estimate of drug-likeness (QED) is 0.780. The maximum atomic E-state index is 12.0. The van der Waals surface area contributed by atoms with Gasteiger partial charge in [0, 0.05) is 0 Å². The third-order valence-corrected chi connectivity index (χ3v) is 4.29. The molecule has 2 aromatic carbocycles. The molecule has 2 aromatic rings. The molecule has 25 heavy (non-hydrogen) atoms. The highest BCUT2D eigenvalue weighted by atomic mass is 16.5. The van der Waals surface area contributed by atoms with Crippen LogP contribution in [0.4, 0.5) is 4.79 Å². The highest BCUT2D eigenvalue weighted by Crippen LogP contribution is 2.25. The molecule has 1 unspecified atom stereocenters. The largest absolute Gasteiger partial charge is 0.497 e. The van der Waals surface area contributed by atoms with Crippen molar-refractivity contribution in [2.45, 2.75) is 33.7 Å². The lowest BCUT2D eigenvalue weighted by Crippen LogP contribution is -2.39. The van der Waals surface area contributed by atoms with Crippen LogP contribution in [0.25, 0.3) is 0 Å². The third-order valence-electron chi connectivity index (χ3n) is 4.29. The van der Waals surface area contributed by atoms with E-state index < -0.39 is 0 Å². The average Bonchev–Trinajstić information content (AvgIpc) is 2.61. The van der Waals surface area contributed by atoms with E-state index in [2.05, 4.69) is 16.7 Å². The minimum Gasteiger partial charge on any atom is -0.497 e. The normalized spacial score (nSPS) is 11.6. The Morgan fingerprint density at radius 1 is 1.04 bits per heavy atom. The number of urea groups is 1. The Kier molecular flexibility index (Phi) is 6.28. The van der Waals surface area contributed by atoms with Gasteiger partial charge in [0.1, 0.15) is 11.5 Å². The standard InChI is InChI=1S/C20H26N2O3/c1-13-6-7-14(2)19(15(13)3)25-12-21-20(23)22-16(4)17-8-10-18(24-5)11-9-17/h6-11,16H,12H2,1-5H3,(H2,21,22,23). The Balaban J connectivity index is 1.85. The topological polar surface area (TPSA) is 59.6 Å². The number of aryl methyl sites for hydroxylation is 2. The zero-order chi connectivity index (χ0) is 18.4. The highest BCUT2D eigenvalue weighted by molar-refractivity contribution is 5.74. The molecule has 0 aliphatic heterocycles. The molecule has 2 N–H and O–H groups in total. The second-order valence-electron chi connectivity index (χ2n) is 6.09. The van der Waals surface area contributed by atoms with Crippen molar-refractivity contribution < 1.29 is 14.3 Å². The summed E-state index contributed by atoms with van der Waals surface area (Å²) in [5.74, 6) is 1.61. The van der Waals surface area contributed by atoms with Crippen molar-refractivity contribution in [2.75, 3.05) is 13.8 Å². The predicted octanol–water partition coefficient (Wildman–Crippen LogP) is 4.02. The molecule has 1 atom stereocenters. The van der Waals surface area contributed by atoms with Gasteiger partial charge in [0.2, 0.25) is 0 Å². The van der Waals surface area contributed by atoms with Crippen LogP contribution in [0.1, 0.15) is 35.2 Å². The van der Waals surface area contributed by atoms with Crippen LogP contribution < -0.4 is 20.1 Å². The number of hydrogen-bond donors (Lipinski definition) is 2. The van der Waals surface area contributed by atoms with Gasteiger partial charge in [-0.2, -0.15) is 0 Å². The fraction of sp³-hybridized carbons (Fsp3) is 0.350. The first-order valence-corrected chi connectivity index (χ1v) is 8.30. The molecule has 2 rings (SSSR count). The first kappa shape index (κ1) is 18.6. The number of hydrogen-bond acceptors (Lipinski definition) is 3. The van der Waals surface area contributed by atoms with Gasteiger partial charge in [-0.25, -0.2) is 4.79 Å². The number of benzene rings is 2. The number of carbonyl (C=O) groups is 1. The lowest BCUT2D eigenvalue weighted by molar-refractivity contribution is 0.220. The summed E-state index contributed by atoms with van der Waals surface area (Å²) in [6, 6.07) is 11.3. The third kappa shape index (κ3) is 4.89. The summed E-state index contributed by atoms with van der Waals surface area (Å²) in [4.78, 5) is 12.0. The minimum absolute atomic E-state index is 0.117. The molecule has 2 amide bonds. The fourth-order valence-electron chi connectivity index (χ4n) is 2.54. The van der Waals surface area contributed by atoms with E-state index in [1.807, 2.05) is 58.0 Å². The summed E-state index contributed by atoms with van der Waals surface area (Å²) in [6.07, 6.45) is 0. The molecule has 0 saturated carbocycles. The molecule has 0 fully saturated rings. The Hall–Kier alpha value is -2.69. The van der Waals surface area contributed by atoms with Gasteiger partial charge >= 0.3 is 6.03 Å². The molecule has 0 bridgehead atoms. The summed E-state index contributed by atoms with van der Waals surface area (Å²) in [5, 5.41) is 5.62. The van der Waals surface area contributed by atoms with Gasteiger partial charge in [-0.3, -0.25) is 0 Å². The van der Waals surface area contributed by atoms with Crippen LogP contribution in [-0.2, 0) is 0 Å².